The highest BCUT2D eigenvalue weighted by Gasteiger charge is 2.14. The summed E-state index contributed by atoms with van der Waals surface area (Å²) in [5.41, 5.74) is 1.53. The second-order valence-corrected chi connectivity index (χ2v) is 14.0. The van der Waals surface area contributed by atoms with Gasteiger partial charge in [0.25, 0.3) is 0 Å². The van der Waals surface area contributed by atoms with Crippen molar-refractivity contribution in [2.45, 2.75) is 58.1 Å². The Morgan fingerprint density at radius 1 is 1.32 bits per heavy atom. The Labute approximate surface area is 138 Å². The number of thiophene rings is 1. The van der Waals surface area contributed by atoms with E-state index in [0.717, 1.165) is 6.61 Å². The van der Waals surface area contributed by atoms with Gasteiger partial charge in [0.05, 0.1) is 6.20 Å². The van der Waals surface area contributed by atoms with Crippen LogP contribution >= 0.6 is 11.3 Å². The Balaban J connectivity index is 1.66. The van der Waals surface area contributed by atoms with Crippen LogP contribution in [0.3, 0.4) is 0 Å². The summed E-state index contributed by atoms with van der Waals surface area (Å²) in [6, 6.07) is 3.50. The van der Waals surface area contributed by atoms with Crippen molar-refractivity contribution >= 4 is 35.2 Å². The first-order chi connectivity index (χ1) is 10.5. The molecule has 3 rings (SSSR count). The molecule has 0 radical (unpaired) electrons. The molecule has 2 aromatic heterocycles. The zero-order valence-corrected chi connectivity index (χ0v) is 15.7. The molecule has 0 N–H and O–H groups in total. The molecule has 1 aliphatic rings. The summed E-state index contributed by atoms with van der Waals surface area (Å²) in [5, 5.41) is 5.72. The topological polar surface area (TPSA) is 27.1 Å². The van der Waals surface area contributed by atoms with Crippen LogP contribution in [0.25, 0.3) is 15.8 Å². The molecule has 3 nitrogen and oxygen atoms in total. The number of hydrogen-bond acceptors (Lipinski definition) is 3. The van der Waals surface area contributed by atoms with Gasteiger partial charge in [-0.1, -0.05) is 25.7 Å². The predicted molar refractivity (Wildman–Crippen MR) is 98.2 cm³/mol. The number of nitrogens with zero attached hydrogens (tertiary/aromatic N) is 2. The van der Waals surface area contributed by atoms with Crippen LogP contribution in [0.1, 0.15) is 30.6 Å². The van der Waals surface area contributed by atoms with Gasteiger partial charge in [-0.2, -0.15) is 5.10 Å². The van der Waals surface area contributed by atoms with E-state index in [1.54, 1.807) is 0 Å². The molecule has 2 aromatic rings. The highest BCUT2D eigenvalue weighted by Crippen LogP contribution is 2.35. The SMILES string of the molecule is C[Si](C)(C)CCOCn1ncc2cc(C3=CCCCC3)sc21. The number of fused-ring (bicyclic) bond motifs is 1. The van der Waals surface area contributed by atoms with Gasteiger partial charge in [-0.15, -0.1) is 11.3 Å². The maximum Gasteiger partial charge on any atom is 0.140 e. The lowest BCUT2D eigenvalue weighted by atomic mass is 9.98. The summed E-state index contributed by atoms with van der Waals surface area (Å²) in [5.74, 6) is 0. The summed E-state index contributed by atoms with van der Waals surface area (Å²) in [6.07, 6.45) is 9.51. The average Bonchev–Trinajstić information content (AvgIpc) is 3.04. The maximum atomic E-state index is 5.84. The van der Waals surface area contributed by atoms with Crippen LogP contribution in [0, 0.1) is 0 Å². The third kappa shape index (κ3) is 3.89. The van der Waals surface area contributed by atoms with Crippen molar-refractivity contribution < 1.29 is 4.74 Å². The Morgan fingerprint density at radius 2 is 2.18 bits per heavy atom. The summed E-state index contributed by atoms with van der Waals surface area (Å²) in [6.45, 7) is 8.57. The standard InChI is InChI=1S/C17H26N2OSSi/c1-22(2,3)10-9-20-13-19-17-15(12-18-19)11-16(21-17)14-7-5-4-6-8-14/h7,11-12H,4-6,8-10,13H2,1-3H3. The maximum absolute atomic E-state index is 5.84. The van der Waals surface area contributed by atoms with Gasteiger partial charge in [0, 0.05) is 24.9 Å². The Morgan fingerprint density at radius 3 is 2.91 bits per heavy atom. The smallest absolute Gasteiger partial charge is 0.140 e. The number of rotatable bonds is 6. The zero-order chi connectivity index (χ0) is 15.6. The molecule has 0 saturated heterocycles. The molecule has 22 heavy (non-hydrogen) atoms. The molecule has 0 atom stereocenters. The van der Waals surface area contributed by atoms with Crippen molar-refractivity contribution in [3.05, 3.63) is 23.2 Å². The number of allylic oxidation sites excluding steroid dienone is 2. The van der Waals surface area contributed by atoms with Gasteiger partial charge in [0.1, 0.15) is 11.6 Å². The number of aromatic nitrogens is 2. The number of hydrogen-bond donors (Lipinski definition) is 0. The first kappa shape index (κ1) is 16.0. The molecule has 0 aromatic carbocycles. The summed E-state index contributed by atoms with van der Waals surface area (Å²) in [7, 11) is -1.01. The summed E-state index contributed by atoms with van der Waals surface area (Å²) in [4.78, 5) is 2.66. The van der Waals surface area contributed by atoms with Gasteiger partial charge in [0.15, 0.2) is 0 Å². The van der Waals surface area contributed by atoms with E-state index in [2.05, 4.69) is 36.9 Å². The van der Waals surface area contributed by atoms with Crippen LogP contribution in [-0.4, -0.2) is 24.5 Å². The van der Waals surface area contributed by atoms with Crippen molar-refractivity contribution in [3.63, 3.8) is 0 Å². The van der Waals surface area contributed by atoms with Crippen molar-refractivity contribution in [1.82, 2.24) is 9.78 Å². The molecular weight excluding hydrogens is 308 g/mol. The first-order valence-corrected chi connectivity index (χ1v) is 12.8. The second kappa shape index (κ2) is 6.68. The molecule has 0 fully saturated rings. The molecule has 1 aliphatic carbocycles. The van der Waals surface area contributed by atoms with Gasteiger partial charge in [0.2, 0.25) is 0 Å². The van der Waals surface area contributed by atoms with E-state index in [4.69, 9.17) is 4.74 Å². The molecule has 5 heteroatoms. The third-order valence-electron chi connectivity index (χ3n) is 4.13. The summed E-state index contributed by atoms with van der Waals surface area (Å²) >= 11 is 1.86. The zero-order valence-electron chi connectivity index (χ0n) is 13.9. The van der Waals surface area contributed by atoms with E-state index in [1.807, 2.05) is 22.2 Å². The van der Waals surface area contributed by atoms with Crippen molar-refractivity contribution in [1.29, 1.82) is 0 Å². The van der Waals surface area contributed by atoms with Gasteiger partial charge in [-0.05, 0) is 43.4 Å². The Kier molecular flexibility index (Phi) is 4.85. The van der Waals surface area contributed by atoms with E-state index in [0.29, 0.717) is 6.73 Å². The fraction of sp³-hybridized carbons (Fsp3) is 0.588. The van der Waals surface area contributed by atoms with Crippen LogP contribution in [0.15, 0.2) is 18.3 Å². The van der Waals surface area contributed by atoms with Crippen LogP contribution in [0.2, 0.25) is 25.7 Å². The fourth-order valence-electron chi connectivity index (χ4n) is 2.72. The number of ether oxygens (including phenoxy) is 1. The van der Waals surface area contributed by atoms with Crippen LogP contribution in [0.4, 0.5) is 0 Å². The lowest BCUT2D eigenvalue weighted by Crippen LogP contribution is -2.22. The minimum atomic E-state index is -1.01. The molecule has 0 unspecified atom stereocenters. The molecule has 0 bridgehead atoms. The van der Waals surface area contributed by atoms with E-state index >= 15 is 0 Å². The lowest BCUT2D eigenvalue weighted by Gasteiger charge is -2.15. The quantitative estimate of drug-likeness (QED) is 0.525. The minimum Gasteiger partial charge on any atom is -0.359 e. The van der Waals surface area contributed by atoms with Gasteiger partial charge >= 0.3 is 0 Å². The van der Waals surface area contributed by atoms with Crippen molar-refractivity contribution in [3.8, 4) is 0 Å². The Bertz CT molecular complexity index is 666. The summed E-state index contributed by atoms with van der Waals surface area (Å²) < 4.78 is 7.86. The largest absolute Gasteiger partial charge is 0.359 e. The molecule has 0 aliphatic heterocycles. The van der Waals surface area contributed by atoms with Crippen molar-refractivity contribution in [2.75, 3.05) is 6.61 Å². The van der Waals surface area contributed by atoms with E-state index < -0.39 is 8.07 Å². The normalized spacial score (nSPS) is 16.2. The predicted octanol–water partition coefficient (Wildman–Crippen LogP) is 5.37. The van der Waals surface area contributed by atoms with Crippen molar-refractivity contribution in [2.24, 2.45) is 0 Å². The van der Waals surface area contributed by atoms with Crippen LogP contribution in [0.5, 0.6) is 0 Å². The van der Waals surface area contributed by atoms with Gasteiger partial charge in [-0.3, -0.25) is 0 Å². The Hall–Kier alpha value is -0.913. The van der Waals surface area contributed by atoms with E-state index in [9.17, 15) is 0 Å². The lowest BCUT2D eigenvalue weighted by molar-refractivity contribution is 0.0820. The van der Waals surface area contributed by atoms with Crippen LogP contribution < -0.4 is 0 Å². The average molecular weight is 335 g/mol. The molecule has 120 valence electrons. The molecule has 2 heterocycles. The highest BCUT2D eigenvalue weighted by molar-refractivity contribution is 7.19. The third-order valence-corrected chi connectivity index (χ3v) is 7.07. The molecule has 0 spiro atoms. The fourth-order valence-corrected chi connectivity index (χ4v) is 4.62. The molecule has 0 amide bonds. The first-order valence-electron chi connectivity index (χ1n) is 8.25. The van der Waals surface area contributed by atoms with Crippen LogP contribution in [-0.2, 0) is 11.5 Å². The second-order valence-electron chi connectivity index (χ2n) is 7.34. The molecule has 0 saturated carbocycles. The van der Waals surface area contributed by atoms with Gasteiger partial charge < -0.3 is 4.74 Å². The van der Waals surface area contributed by atoms with E-state index in [1.165, 1.54) is 52.4 Å². The minimum absolute atomic E-state index is 0.576. The van der Waals surface area contributed by atoms with E-state index in [-0.39, 0.29) is 0 Å². The molecular formula is C17H26N2OSSi. The van der Waals surface area contributed by atoms with Gasteiger partial charge in [-0.25, -0.2) is 4.68 Å². The monoisotopic (exact) mass is 334 g/mol. The highest BCUT2D eigenvalue weighted by atomic mass is 32.1.